The number of allylic oxidation sites excluding steroid dienone is 1. The van der Waals surface area contributed by atoms with E-state index in [1.807, 2.05) is 18.2 Å². The summed E-state index contributed by atoms with van der Waals surface area (Å²) in [4.78, 5) is 10.6. The van der Waals surface area contributed by atoms with Crippen molar-refractivity contribution in [3.05, 3.63) is 199 Å². The van der Waals surface area contributed by atoms with Gasteiger partial charge >= 0.3 is 0 Å². The maximum Gasteiger partial charge on any atom is 0.235 e. The maximum absolute atomic E-state index is 5.36. The topological polar surface area (TPSA) is 40.6 Å². The monoisotopic (exact) mass is 767 g/mol. The van der Waals surface area contributed by atoms with Crippen molar-refractivity contribution in [3.8, 4) is 28.6 Å². The van der Waals surface area contributed by atoms with E-state index in [1.54, 1.807) is 0 Å². The molecule has 0 amide bonds. The molecule has 0 atom stereocenters. The average molecular weight is 768 g/mol. The van der Waals surface area contributed by atoms with Crippen LogP contribution in [0.1, 0.15) is 6.92 Å². The van der Waals surface area contributed by atoms with Crippen molar-refractivity contribution in [2.45, 2.75) is 6.92 Å². The van der Waals surface area contributed by atoms with Crippen LogP contribution in [-0.2, 0) is 0 Å². The molecular weight excluding hydrogens is 731 g/mol. The molecule has 5 nitrogen and oxygen atoms in total. The summed E-state index contributed by atoms with van der Waals surface area (Å²) < 4.78 is 7.07. The predicted octanol–water partition coefficient (Wildman–Crippen LogP) is 12.4. The van der Waals surface area contributed by atoms with Crippen LogP contribution in [0.2, 0.25) is 0 Å². The lowest BCUT2D eigenvalue weighted by Gasteiger charge is -2.13. The molecule has 0 aliphatic carbocycles. The van der Waals surface area contributed by atoms with Gasteiger partial charge in [-0.05, 0) is 72.3 Å². The Kier molecular flexibility index (Phi) is 7.53. The average Bonchev–Trinajstić information content (AvgIpc) is 3.94. The first-order chi connectivity index (χ1) is 29.7. The van der Waals surface area contributed by atoms with E-state index in [4.69, 9.17) is 9.97 Å². The number of hydrogen-bond donors (Lipinski definition) is 0. The molecule has 0 unspecified atom stereocenters. The van der Waals surface area contributed by atoms with E-state index in [0.29, 0.717) is 5.95 Å². The van der Waals surface area contributed by atoms with Gasteiger partial charge in [0.15, 0.2) is 0 Å². The van der Waals surface area contributed by atoms with Crippen LogP contribution in [0.4, 0.5) is 0 Å². The van der Waals surface area contributed by atoms with Crippen LogP contribution in [0, 0.1) is 0 Å². The van der Waals surface area contributed by atoms with Gasteiger partial charge in [-0.1, -0.05) is 146 Å². The van der Waals surface area contributed by atoms with Gasteiger partial charge in [0.05, 0.1) is 44.1 Å². The van der Waals surface area contributed by atoms with Gasteiger partial charge in [0.2, 0.25) is 5.95 Å². The number of para-hydroxylation sites is 3. The fourth-order valence-electron chi connectivity index (χ4n) is 9.62. The Hall–Kier alpha value is -8.02. The van der Waals surface area contributed by atoms with E-state index in [1.165, 1.54) is 43.4 Å². The first-order valence-corrected chi connectivity index (χ1v) is 20.4. The molecule has 4 aromatic heterocycles. The van der Waals surface area contributed by atoms with Crippen molar-refractivity contribution in [2.24, 2.45) is 0 Å². The number of nitrogens with zero attached hydrogens (tertiary/aromatic N) is 5. The minimum atomic E-state index is 0.622. The Labute approximate surface area is 345 Å². The third-order valence-electron chi connectivity index (χ3n) is 12.1. The van der Waals surface area contributed by atoms with E-state index in [2.05, 4.69) is 203 Å². The molecule has 0 saturated carbocycles. The van der Waals surface area contributed by atoms with Crippen LogP contribution < -0.4 is 10.6 Å². The van der Waals surface area contributed by atoms with E-state index in [9.17, 15) is 0 Å². The van der Waals surface area contributed by atoms with Gasteiger partial charge in [0, 0.05) is 54.5 Å². The predicted molar refractivity (Wildman–Crippen MR) is 252 cm³/mol. The van der Waals surface area contributed by atoms with E-state index in [-0.39, 0.29) is 0 Å². The summed E-state index contributed by atoms with van der Waals surface area (Å²) in [5.74, 6) is 0.622. The molecule has 0 aliphatic rings. The number of hydrogen-bond acceptors (Lipinski definition) is 2. The fraction of sp³-hybridized carbons (Fsp3) is 0.0182. The van der Waals surface area contributed by atoms with Crippen molar-refractivity contribution in [1.82, 2.24) is 23.7 Å². The van der Waals surface area contributed by atoms with Crippen molar-refractivity contribution in [2.75, 3.05) is 0 Å². The molecule has 282 valence electrons. The third-order valence-corrected chi connectivity index (χ3v) is 12.1. The van der Waals surface area contributed by atoms with Gasteiger partial charge in [0.1, 0.15) is 0 Å². The summed E-state index contributed by atoms with van der Waals surface area (Å²) >= 11 is 0. The molecular formula is C55H37N5. The van der Waals surface area contributed by atoms with Gasteiger partial charge in [0.25, 0.3) is 0 Å². The molecule has 0 bridgehead atoms. The molecule has 0 saturated heterocycles. The zero-order valence-electron chi connectivity index (χ0n) is 32.9. The number of fused-ring (bicyclic) bond motifs is 10. The van der Waals surface area contributed by atoms with Crippen LogP contribution in [0.15, 0.2) is 189 Å². The zero-order valence-corrected chi connectivity index (χ0v) is 32.9. The summed E-state index contributed by atoms with van der Waals surface area (Å²) in [5, 5.41) is 11.6. The lowest BCUT2D eigenvalue weighted by molar-refractivity contribution is 0.950. The van der Waals surface area contributed by atoms with Crippen molar-refractivity contribution >= 4 is 88.3 Å². The fourth-order valence-corrected chi connectivity index (χ4v) is 9.62. The molecule has 12 rings (SSSR count). The SMILES string of the molecule is C=C/C=c1\c(=C/C)n(-c2nc(-c3ccccc3)c3ccccc3n2)c2cc(-n3c4ccccc4c4c5c6ccccc6n(-c6ccc7ccccc7c6)c5ccc43)ccc12. The standard InChI is InChI=1S/C55H37N5/c1-3-16-40-41-30-29-39(34-51(41)60(46(40)4-2)55-56-45-24-13-10-21-42(45)54(57-55)36-18-6-5-7-19-36)59-48-26-15-12-23-44(48)53-50(59)32-31-49-52(53)43-22-11-14-25-47(43)58(49)38-28-27-35-17-8-9-20-37(35)33-38/h3-34H,1H2,2H3/b40-16-,46-4+. The second kappa shape index (κ2) is 13.3. The summed E-state index contributed by atoms with van der Waals surface area (Å²) in [6.45, 7) is 6.19. The molecule has 4 heterocycles. The lowest BCUT2D eigenvalue weighted by atomic mass is 10.1. The van der Waals surface area contributed by atoms with Crippen molar-refractivity contribution in [3.63, 3.8) is 0 Å². The number of benzene rings is 8. The Morgan fingerprint density at radius 3 is 1.77 bits per heavy atom. The molecule has 5 heteroatoms. The maximum atomic E-state index is 5.36. The largest absolute Gasteiger partial charge is 0.309 e. The van der Waals surface area contributed by atoms with E-state index < -0.39 is 0 Å². The van der Waals surface area contributed by atoms with Crippen LogP contribution in [0.3, 0.4) is 0 Å². The normalized spacial score (nSPS) is 12.7. The van der Waals surface area contributed by atoms with Gasteiger partial charge in [-0.2, -0.15) is 0 Å². The zero-order chi connectivity index (χ0) is 39.9. The highest BCUT2D eigenvalue weighted by Crippen LogP contribution is 2.42. The first-order valence-electron chi connectivity index (χ1n) is 20.4. The molecule has 12 aromatic rings. The minimum absolute atomic E-state index is 0.622. The highest BCUT2D eigenvalue weighted by atomic mass is 15.2. The second-order valence-electron chi connectivity index (χ2n) is 15.4. The van der Waals surface area contributed by atoms with Gasteiger partial charge in [-0.3, -0.25) is 4.57 Å². The molecule has 0 spiro atoms. The van der Waals surface area contributed by atoms with Crippen molar-refractivity contribution < 1.29 is 0 Å². The Bertz CT molecular complexity index is 3860. The summed E-state index contributed by atoms with van der Waals surface area (Å²) in [7, 11) is 0. The third kappa shape index (κ3) is 4.93. The first kappa shape index (κ1) is 34.1. The molecule has 0 fully saturated rings. The van der Waals surface area contributed by atoms with Crippen LogP contribution in [0.5, 0.6) is 0 Å². The van der Waals surface area contributed by atoms with E-state index in [0.717, 1.165) is 66.0 Å². The number of aromatic nitrogens is 5. The van der Waals surface area contributed by atoms with Gasteiger partial charge in [-0.15, -0.1) is 0 Å². The summed E-state index contributed by atoms with van der Waals surface area (Å²) in [5.41, 5.74) is 10.7. The van der Waals surface area contributed by atoms with Crippen LogP contribution in [0.25, 0.3) is 117 Å². The van der Waals surface area contributed by atoms with Crippen molar-refractivity contribution in [1.29, 1.82) is 0 Å². The lowest BCUT2D eigenvalue weighted by Crippen LogP contribution is -2.29. The summed E-state index contributed by atoms with van der Waals surface area (Å²) in [6.07, 6.45) is 6.11. The summed E-state index contributed by atoms with van der Waals surface area (Å²) in [6, 6.07) is 63.1. The van der Waals surface area contributed by atoms with Crippen LogP contribution in [-0.4, -0.2) is 23.7 Å². The highest BCUT2D eigenvalue weighted by Gasteiger charge is 2.22. The Balaban J connectivity index is 1.16. The van der Waals surface area contributed by atoms with Gasteiger partial charge in [-0.25, -0.2) is 9.97 Å². The Morgan fingerprint density at radius 2 is 1.07 bits per heavy atom. The number of rotatable bonds is 5. The molecule has 0 N–H and O–H groups in total. The smallest absolute Gasteiger partial charge is 0.235 e. The minimum Gasteiger partial charge on any atom is -0.309 e. The van der Waals surface area contributed by atoms with Crippen LogP contribution >= 0.6 is 0 Å². The Morgan fingerprint density at radius 1 is 0.467 bits per heavy atom. The molecule has 8 aromatic carbocycles. The second-order valence-corrected chi connectivity index (χ2v) is 15.4. The molecule has 0 aliphatic heterocycles. The van der Waals surface area contributed by atoms with E-state index >= 15 is 0 Å². The molecule has 60 heavy (non-hydrogen) atoms. The molecule has 0 radical (unpaired) electrons. The van der Waals surface area contributed by atoms with Gasteiger partial charge < -0.3 is 9.13 Å². The quantitative estimate of drug-likeness (QED) is 0.175. The highest BCUT2D eigenvalue weighted by molar-refractivity contribution is 6.29.